The lowest BCUT2D eigenvalue weighted by Crippen LogP contribution is -1.84. The molecule has 0 amide bonds. The summed E-state index contributed by atoms with van der Waals surface area (Å²) in [5.74, 6) is 1.12. The molecule has 0 unspecified atom stereocenters. The lowest BCUT2D eigenvalue weighted by atomic mass is 10.1. The van der Waals surface area contributed by atoms with Gasteiger partial charge in [0.1, 0.15) is 11.6 Å². The quantitative estimate of drug-likeness (QED) is 0.666. The minimum absolute atomic E-state index is 0.280. The van der Waals surface area contributed by atoms with Crippen LogP contribution >= 0.6 is 0 Å². The van der Waals surface area contributed by atoms with Crippen molar-refractivity contribution in [3.05, 3.63) is 48.0 Å². The number of imidazole rings is 1. The molecule has 0 aliphatic heterocycles. The number of rotatable bonds is 1. The SMILES string of the molecule is Cc1cc(O)ccc1-c1nc2ccccc2[nH]1. The van der Waals surface area contributed by atoms with E-state index in [2.05, 4.69) is 9.97 Å². The second-order valence-corrected chi connectivity index (χ2v) is 4.10. The number of nitrogens with zero attached hydrogens (tertiary/aromatic N) is 1. The number of para-hydroxylation sites is 2. The Balaban J connectivity index is 2.20. The number of fused-ring (bicyclic) bond motifs is 1. The van der Waals surface area contributed by atoms with E-state index in [0.29, 0.717) is 0 Å². The number of hydrogen-bond donors (Lipinski definition) is 2. The maximum atomic E-state index is 9.39. The Morgan fingerprint density at radius 1 is 1.12 bits per heavy atom. The first-order chi connectivity index (χ1) is 8.24. The molecule has 1 heterocycles. The number of nitrogens with one attached hydrogen (secondary N) is 1. The highest BCUT2D eigenvalue weighted by atomic mass is 16.3. The van der Waals surface area contributed by atoms with E-state index in [-0.39, 0.29) is 5.75 Å². The fraction of sp³-hybridized carbons (Fsp3) is 0.0714. The molecule has 3 heteroatoms. The minimum atomic E-state index is 0.280. The number of H-pyrrole nitrogens is 1. The number of phenols is 1. The molecule has 0 bridgehead atoms. The maximum Gasteiger partial charge on any atom is 0.138 e. The summed E-state index contributed by atoms with van der Waals surface area (Å²) in [6.45, 7) is 1.96. The largest absolute Gasteiger partial charge is 0.508 e. The van der Waals surface area contributed by atoms with Crippen molar-refractivity contribution in [1.82, 2.24) is 9.97 Å². The van der Waals surface area contributed by atoms with Gasteiger partial charge >= 0.3 is 0 Å². The first kappa shape index (κ1) is 9.90. The van der Waals surface area contributed by atoms with Crippen molar-refractivity contribution in [3.63, 3.8) is 0 Å². The summed E-state index contributed by atoms with van der Waals surface area (Å²) in [4.78, 5) is 7.82. The number of phenolic OH excluding ortho intramolecular Hbond substituents is 1. The minimum Gasteiger partial charge on any atom is -0.508 e. The molecule has 0 radical (unpaired) electrons. The van der Waals surface area contributed by atoms with Gasteiger partial charge in [-0.05, 0) is 42.8 Å². The van der Waals surface area contributed by atoms with Crippen molar-refractivity contribution in [2.75, 3.05) is 0 Å². The van der Waals surface area contributed by atoms with Crippen molar-refractivity contribution in [1.29, 1.82) is 0 Å². The van der Waals surface area contributed by atoms with E-state index >= 15 is 0 Å². The van der Waals surface area contributed by atoms with Crippen LogP contribution in [0.2, 0.25) is 0 Å². The number of aryl methyl sites for hydroxylation is 1. The summed E-state index contributed by atoms with van der Waals surface area (Å²) in [5.41, 5.74) is 3.99. The highest BCUT2D eigenvalue weighted by Crippen LogP contribution is 2.25. The van der Waals surface area contributed by atoms with E-state index in [0.717, 1.165) is 28.0 Å². The summed E-state index contributed by atoms with van der Waals surface area (Å²) in [7, 11) is 0. The number of aromatic amines is 1. The zero-order valence-corrected chi connectivity index (χ0v) is 9.44. The van der Waals surface area contributed by atoms with Crippen LogP contribution in [0.15, 0.2) is 42.5 Å². The molecule has 17 heavy (non-hydrogen) atoms. The van der Waals surface area contributed by atoms with Gasteiger partial charge in [0.2, 0.25) is 0 Å². The lowest BCUT2D eigenvalue weighted by molar-refractivity contribution is 0.475. The Bertz CT molecular complexity index is 653. The Labute approximate surface area is 98.8 Å². The topological polar surface area (TPSA) is 48.9 Å². The van der Waals surface area contributed by atoms with Crippen molar-refractivity contribution in [2.24, 2.45) is 0 Å². The van der Waals surface area contributed by atoms with E-state index in [9.17, 15) is 5.11 Å². The third-order valence-electron chi connectivity index (χ3n) is 2.85. The Kier molecular flexibility index (Phi) is 2.11. The zero-order chi connectivity index (χ0) is 11.8. The van der Waals surface area contributed by atoms with Gasteiger partial charge in [-0.2, -0.15) is 0 Å². The lowest BCUT2D eigenvalue weighted by Gasteiger charge is -2.02. The predicted octanol–water partition coefficient (Wildman–Crippen LogP) is 3.24. The van der Waals surface area contributed by atoms with Crippen LogP contribution in [0.3, 0.4) is 0 Å². The fourth-order valence-electron chi connectivity index (χ4n) is 1.99. The van der Waals surface area contributed by atoms with Crippen LogP contribution < -0.4 is 0 Å². The van der Waals surface area contributed by atoms with Crippen molar-refractivity contribution >= 4 is 11.0 Å². The van der Waals surface area contributed by atoms with Gasteiger partial charge in [-0.1, -0.05) is 12.1 Å². The van der Waals surface area contributed by atoms with Gasteiger partial charge in [-0.25, -0.2) is 4.98 Å². The van der Waals surface area contributed by atoms with Crippen LogP contribution in [0.5, 0.6) is 5.75 Å². The monoisotopic (exact) mass is 224 g/mol. The normalized spacial score (nSPS) is 10.9. The van der Waals surface area contributed by atoms with Gasteiger partial charge in [0.05, 0.1) is 11.0 Å². The molecular weight excluding hydrogens is 212 g/mol. The highest BCUT2D eigenvalue weighted by Gasteiger charge is 2.07. The van der Waals surface area contributed by atoms with Crippen LogP contribution in [-0.4, -0.2) is 15.1 Å². The van der Waals surface area contributed by atoms with Crippen LogP contribution in [0.1, 0.15) is 5.56 Å². The third-order valence-corrected chi connectivity index (χ3v) is 2.85. The summed E-state index contributed by atoms with van der Waals surface area (Å²) in [5, 5.41) is 9.39. The molecule has 2 aromatic carbocycles. The maximum absolute atomic E-state index is 9.39. The van der Waals surface area contributed by atoms with E-state index in [4.69, 9.17) is 0 Å². The van der Waals surface area contributed by atoms with Crippen molar-refractivity contribution < 1.29 is 5.11 Å². The molecule has 0 fully saturated rings. The molecule has 0 saturated heterocycles. The van der Waals surface area contributed by atoms with Crippen LogP contribution in [0.25, 0.3) is 22.4 Å². The molecule has 3 aromatic rings. The van der Waals surface area contributed by atoms with E-state index in [1.54, 1.807) is 12.1 Å². The smallest absolute Gasteiger partial charge is 0.138 e. The number of aromatic nitrogens is 2. The molecule has 0 aliphatic carbocycles. The third kappa shape index (κ3) is 1.65. The summed E-state index contributed by atoms with van der Waals surface area (Å²) in [6, 6.07) is 13.2. The van der Waals surface area contributed by atoms with Crippen LogP contribution in [0, 0.1) is 6.92 Å². The average molecular weight is 224 g/mol. The first-order valence-electron chi connectivity index (χ1n) is 5.49. The molecule has 3 rings (SSSR count). The number of aromatic hydroxyl groups is 1. The van der Waals surface area contributed by atoms with E-state index in [1.165, 1.54) is 0 Å². The summed E-state index contributed by atoms with van der Waals surface area (Å²) >= 11 is 0. The molecule has 0 saturated carbocycles. The van der Waals surface area contributed by atoms with E-state index < -0.39 is 0 Å². The fourth-order valence-corrected chi connectivity index (χ4v) is 1.99. The van der Waals surface area contributed by atoms with Crippen molar-refractivity contribution in [3.8, 4) is 17.1 Å². The molecule has 3 nitrogen and oxygen atoms in total. The average Bonchev–Trinajstić information content (AvgIpc) is 2.72. The number of hydrogen-bond acceptors (Lipinski definition) is 2. The predicted molar refractivity (Wildman–Crippen MR) is 67.9 cm³/mol. The van der Waals surface area contributed by atoms with Gasteiger partial charge in [0, 0.05) is 5.56 Å². The van der Waals surface area contributed by atoms with Gasteiger partial charge in [0.15, 0.2) is 0 Å². The Hall–Kier alpha value is -2.29. The molecule has 0 spiro atoms. The molecule has 1 aromatic heterocycles. The molecule has 2 N–H and O–H groups in total. The zero-order valence-electron chi connectivity index (χ0n) is 9.44. The second-order valence-electron chi connectivity index (χ2n) is 4.10. The second kappa shape index (κ2) is 3.63. The molecular formula is C14H12N2O. The molecule has 84 valence electrons. The highest BCUT2D eigenvalue weighted by molar-refractivity contribution is 5.79. The van der Waals surface area contributed by atoms with E-state index in [1.807, 2.05) is 37.3 Å². The summed E-state index contributed by atoms with van der Waals surface area (Å²) < 4.78 is 0. The van der Waals surface area contributed by atoms with Crippen molar-refractivity contribution in [2.45, 2.75) is 6.92 Å². The Morgan fingerprint density at radius 3 is 2.71 bits per heavy atom. The molecule has 0 aliphatic rings. The number of benzene rings is 2. The van der Waals surface area contributed by atoms with Crippen LogP contribution in [0.4, 0.5) is 0 Å². The Morgan fingerprint density at radius 2 is 1.94 bits per heavy atom. The van der Waals surface area contributed by atoms with Gasteiger partial charge in [0.25, 0.3) is 0 Å². The van der Waals surface area contributed by atoms with Crippen LogP contribution in [-0.2, 0) is 0 Å². The standard InChI is InChI=1S/C14H12N2O/c1-9-8-10(17)6-7-11(9)14-15-12-4-2-3-5-13(12)16-14/h2-8,17H,1H3,(H,15,16). The van der Waals surface area contributed by atoms with Gasteiger partial charge in [-0.3, -0.25) is 0 Å². The van der Waals surface area contributed by atoms with Gasteiger partial charge < -0.3 is 10.1 Å². The summed E-state index contributed by atoms with van der Waals surface area (Å²) in [6.07, 6.45) is 0. The molecule has 0 atom stereocenters. The van der Waals surface area contributed by atoms with Gasteiger partial charge in [-0.15, -0.1) is 0 Å². The first-order valence-corrected chi connectivity index (χ1v) is 5.49.